The fourth-order valence-corrected chi connectivity index (χ4v) is 2.00. The number of nitrogens with zero attached hydrogens (tertiary/aromatic N) is 1. The lowest BCUT2D eigenvalue weighted by molar-refractivity contribution is -0.121. The largest absolute Gasteiger partial charge is 0.469 e. The Morgan fingerprint density at radius 2 is 2.12 bits per heavy atom. The minimum absolute atomic E-state index is 0.329. The summed E-state index contributed by atoms with van der Waals surface area (Å²) in [6, 6.07) is 0. The van der Waals surface area contributed by atoms with Crippen molar-refractivity contribution in [1.29, 1.82) is 0 Å². The Morgan fingerprint density at radius 3 is 2.75 bits per heavy atom. The lowest BCUT2D eigenvalue weighted by Crippen LogP contribution is -2.33. The molecular formula is C12H15NO3. The Morgan fingerprint density at radius 1 is 1.44 bits per heavy atom. The van der Waals surface area contributed by atoms with Crippen molar-refractivity contribution in [2.75, 3.05) is 13.1 Å². The van der Waals surface area contributed by atoms with E-state index in [9.17, 15) is 9.59 Å². The topological polar surface area (TPSA) is 50.5 Å². The number of Topliss-reactive ketones (excluding diaryl/α,β-unsaturated/α-hetero) is 1. The molecule has 1 aromatic rings. The predicted molar refractivity (Wildman–Crippen MR) is 58.4 cm³/mol. The lowest BCUT2D eigenvalue weighted by atomic mass is 10.1. The Bertz CT molecular complexity index is 398. The van der Waals surface area contributed by atoms with E-state index in [0.717, 1.165) is 24.9 Å². The van der Waals surface area contributed by atoms with E-state index in [-0.39, 0.29) is 0 Å². The first-order valence-electron chi connectivity index (χ1n) is 5.47. The maximum Gasteiger partial charge on any atom is 0.153 e. The number of aldehydes is 1. The highest BCUT2D eigenvalue weighted by Gasteiger charge is 2.18. The Labute approximate surface area is 94.2 Å². The van der Waals surface area contributed by atoms with Gasteiger partial charge in [0.05, 0.1) is 11.8 Å². The molecule has 4 heteroatoms. The van der Waals surface area contributed by atoms with E-state index in [1.54, 1.807) is 13.2 Å². The van der Waals surface area contributed by atoms with Crippen LogP contribution in [-0.2, 0) is 11.3 Å². The van der Waals surface area contributed by atoms with Crippen LogP contribution in [0.25, 0.3) is 0 Å². The number of carbonyl (C=O) groups is 2. The van der Waals surface area contributed by atoms with Gasteiger partial charge >= 0.3 is 0 Å². The first kappa shape index (κ1) is 11.1. The standard InChI is InChI=1S/C12H15NO3/c1-9-12(7-14)10(8-16-9)6-13-4-2-11(15)3-5-13/h7-8H,2-6H2,1H3. The third-order valence-corrected chi connectivity index (χ3v) is 3.03. The van der Waals surface area contributed by atoms with Crippen molar-refractivity contribution in [2.24, 2.45) is 0 Å². The van der Waals surface area contributed by atoms with Crippen molar-refractivity contribution < 1.29 is 14.0 Å². The fraction of sp³-hybridized carbons (Fsp3) is 0.500. The van der Waals surface area contributed by atoms with Gasteiger partial charge in [0.15, 0.2) is 6.29 Å². The number of rotatable bonds is 3. The van der Waals surface area contributed by atoms with E-state index in [2.05, 4.69) is 4.90 Å². The number of furan rings is 1. The molecule has 4 nitrogen and oxygen atoms in total. The molecule has 2 heterocycles. The summed E-state index contributed by atoms with van der Waals surface area (Å²) >= 11 is 0. The maximum atomic E-state index is 11.1. The molecule has 0 unspecified atom stereocenters. The molecule has 0 atom stereocenters. The van der Waals surface area contributed by atoms with Gasteiger partial charge in [0.2, 0.25) is 0 Å². The zero-order chi connectivity index (χ0) is 11.5. The van der Waals surface area contributed by atoms with Gasteiger partial charge in [-0.2, -0.15) is 0 Å². The number of likely N-dealkylation sites (tertiary alicyclic amines) is 1. The summed E-state index contributed by atoms with van der Waals surface area (Å²) in [5.74, 6) is 0.994. The number of carbonyl (C=O) groups excluding carboxylic acids is 2. The quantitative estimate of drug-likeness (QED) is 0.727. The summed E-state index contributed by atoms with van der Waals surface area (Å²) in [6.07, 6.45) is 3.71. The highest BCUT2D eigenvalue weighted by atomic mass is 16.3. The van der Waals surface area contributed by atoms with Gasteiger partial charge < -0.3 is 4.42 Å². The van der Waals surface area contributed by atoms with Crippen molar-refractivity contribution in [2.45, 2.75) is 26.3 Å². The van der Waals surface area contributed by atoms with Gasteiger partial charge in [0.1, 0.15) is 11.5 Å². The number of hydrogen-bond donors (Lipinski definition) is 0. The molecule has 0 aliphatic carbocycles. The highest BCUT2D eigenvalue weighted by molar-refractivity contribution is 5.79. The molecule has 0 amide bonds. The van der Waals surface area contributed by atoms with Crippen LogP contribution >= 0.6 is 0 Å². The Balaban J connectivity index is 2.03. The van der Waals surface area contributed by atoms with Crippen LogP contribution in [0.4, 0.5) is 0 Å². The SMILES string of the molecule is Cc1occ(CN2CCC(=O)CC2)c1C=O. The molecule has 0 bridgehead atoms. The minimum Gasteiger partial charge on any atom is -0.469 e. The molecule has 0 radical (unpaired) electrons. The number of ketones is 1. The zero-order valence-electron chi connectivity index (χ0n) is 9.36. The average molecular weight is 221 g/mol. The second-order valence-electron chi connectivity index (χ2n) is 4.16. The van der Waals surface area contributed by atoms with Gasteiger partial charge in [-0.05, 0) is 6.92 Å². The van der Waals surface area contributed by atoms with Crippen LogP contribution < -0.4 is 0 Å². The van der Waals surface area contributed by atoms with Gasteiger partial charge in [-0.25, -0.2) is 0 Å². The Kier molecular flexibility index (Phi) is 3.19. The summed E-state index contributed by atoms with van der Waals surface area (Å²) in [6.45, 7) is 4.04. The van der Waals surface area contributed by atoms with Crippen LogP contribution in [-0.4, -0.2) is 30.1 Å². The van der Waals surface area contributed by atoms with Crippen LogP contribution in [0.5, 0.6) is 0 Å². The molecular weight excluding hydrogens is 206 g/mol. The fourth-order valence-electron chi connectivity index (χ4n) is 2.00. The van der Waals surface area contributed by atoms with E-state index < -0.39 is 0 Å². The zero-order valence-corrected chi connectivity index (χ0v) is 9.36. The molecule has 16 heavy (non-hydrogen) atoms. The molecule has 2 rings (SSSR count). The molecule has 0 N–H and O–H groups in total. The van der Waals surface area contributed by atoms with E-state index in [1.807, 2.05) is 0 Å². The van der Waals surface area contributed by atoms with Crippen LogP contribution in [0.3, 0.4) is 0 Å². The van der Waals surface area contributed by atoms with Crippen LogP contribution in [0.2, 0.25) is 0 Å². The molecule has 1 aliphatic heterocycles. The van der Waals surface area contributed by atoms with Gasteiger partial charge in [-0.3, -0.25) is 14.5 Å². The summed E-state index contributed by atoms with van der Waals surface area (Å²) in [4.78, 5) is 24.1. The smallest absolute Gasteiger partial charge is 0.153 e. The van der Waals surface area contributed by atoms with Crippen LogP contribution in [0, 0.1) is 6.92 Å². The predicted octanol–water partition coefficient (Wildman–Crippen LogP) is 1.57. The number of piperidine rings is 1. The highest BCUT2D eigenvalue weighted by Crippen LogP contribution is 2.18. The molecule has 1 fully saturated rings. The van der Waals surface area contributed by atoms with Crippen LogP contribution in [0.15, 0.2) is 10.7 Å². The number of aryl methyl sites for hydroxylation is 1. The lowest BCUT2D eigenvalue weighted by Gasteiger charge is -2.25. The molecule has 1 aliphatic rings. The molecule has 0 spiro atoms. The third kappa shape index (κ3) is 2.22. The second-order valence-corrected chi connectivity index (χ2v) is 4.16. The summed E-state index contributed by atoms with van der Waals surface area (Å²) in [7, 11) is 0. The van der Waals surface area contributed by atoms with E-state index in [0.29, 0.717) is 36.5 Å². The monoisotopic (exact) mass is 221 g/mol. The molecule has 1 saturated heterocycles. The normalized spacial score (nSPS) is 17.7. The minimum atomic E-state index is 0.329. The van der Waals surface area contributed by atoms with Gasteiger partial charge in [0.25, 0.3) is 0 Å². The average Bonchev–Trinajstić information content (AvgIpc) is 2.63. The third-order valence-electron chi connectivity index (χ3n) is 3.03. The summed E-state index contributed by atoms with van der Waals surface area (Å²) in [5, 5.41) is 0. The van der Waals surface area contributed by atoms with Crippen molar-refractivity contribution in [3.8, 4) is 0 Å². The first-order chi connectivity index (χ1) is 7.70. The van der Waals surface area contributed by atoms with Crippen molar-refractivity contribution in [1.82, 2.24) is 4.90 Å². The van der Waals surface area contributed by atoms with Crippen molar-refractivity contribution >= 4 is 12.1 Å². The molecule has 86 valence electrons. The number of hydrogen-bond acceptors (Lipinski definition) is 4. The van der Waals surface area contributed by atoms with Crippen molar-refractivity contribution in [3.05, 3.63) is 23.2 Å². The Hall–Kier alpha value is -1.42. The summed E-state index contributed by atoms with van der Waals surface area (Å²) < 4.78 is 5.22. The van der Waals surface area contributed by atoms with Crippen molar-refractivity contribution in [3.63, 3.8) is 0 Å². The van der Waals surface area contributed by atoms with Gasteiger partial charge in [-0.1, -0.05) is 0 Å². The van der Waals surface area contributed by atoms with E-state index in [1.165, 1.54) is 0 Å². The van der Waals surface area contributed by atoms with E-state index in [4.69, 9.17) is 4.42 Å². The molecule has 0 aromatic carbocycles. The van der Waals surface area contributed by atoms with Gasteiger partial charge in [-0.15, -0.1) is 0 Å². The first-order valence-corrected chi connectivity index (χ1v) is 5.47. The van der Waals surface area contributed by atoms with Gasteiger partial charge in [0, 0.05) is 38.0 Å². The molecule has 1 aromatic heterocycles. The molecule has 0 saturated carbocycles. The maximum absolute atomic E-state index is 11.1. The summed E-state index contributed by atoms with van der Waals surface area (Å²) in [5.41, 5.74) is 1.57. The second kappa shape index (κ2) is 4.61. The van der Waals surface area contributed by atoms with E-state index >= 15 is 0 Å². The van der Waals surface area contributed by atoms with Crippen LogP contribution in [0.1, 0.15) is 34.5 Å².